The molecule has 0 spiro atoms. The lowest BCUT2D eigenvalue weighted by atomic mass is 9.96. The van der Waals surface area contributed by atoms with Crippen LogP contribution >= 0.6 is 0 Å². The molecule has 0 saturated heterocycles. The molecule has 9 aromatic rings. The predicted octanol–water partition coefficient (Wildman–Crippen LogP) is 11.6. The number of hydrogen-bond acceptors (Lipinski definition) is 3. The standard InChI is InChI=1S/C41H26N2O/c1-2-8-30(9-3-1)43(32-19-22-34-29(25-32)16-21-36-33-10-5-4-7-27(33)15-20-37(34)36)31-17-13-28(14-18-31)35-11-6-12-39-38-23-24-42-26-40(38)44-41(35)39/h1-26H. The van der Waals surface area contributed by atoms with Crippen molar-refractivity contribution in [1.82, 2.24) is 4.98 Å². The van der Waals surface area contributed by atoms with Crippen molar-refractivity contribution in [2.75, 3.05) is 4.90 Å². The number of pyridine rings is 1. The van der Waals surface area contributed by atoms with Gasteiger partial charge in [-0.15, -0.1) is 0 Å². The highest BCUT2D eigenvalue weighted by molar-refractivity contribution is 6.17. The molecule has 206 valence electrons. The quantitative estimate of drug-likeness (QED) is 0.200. The van der Waals surface area contributed by atoms with Crippen LogP contribution in [0.5, 0.6) is 0 Å². The summed E-state index contributed by atoms with van der Waals surface area (Å²) in [6, 6.07) is 52.1. The van der Waals surface area contributed by atoms with Gasteiger partial charge in [0.25, 0.3) is 0 Å². The lowest BCUT2D eigenvalue weighted by molar-refractivity contribution is 0.668. The monoisotopic (exact) mass is 562 g/mol. The van der Waals surface area contributed by atoms with E-state index >= 15 is 0 Å². The molecule has 9 rings (SSSR count). The zero-order valence-corrected chi connectivity index (χ0v) is 23.8. The molecule has 0 N–H and O–H groups in total. The third-order valence-electron chi connectivity index (χ3n) is 8.74. The van der Waals surface area contributed by atoms with Gasteiger partial charge in [0.05, 0.1) is 6.20 Å². The van der Waals surface area contributed by atoms with E-state index in [0.717, 1.165) is 50.1 Å². The smallest absolute Gasteiger partial charge is 0.153 e. The molecule has 2 heterocycles. The van der Waals surface area contributed by atoms with Crippen LogP contribution in [0.25, 0.3) is 65.4 Å². The maximum absolute atomic E-state index is 6.28. The van der Waals surface area contributed by atoms with Crippen LogP contribution in [-0.2, 0) is 0 Å². The van der Waals surface area contributed by atoms with E-state index in [4.69, 9.17) is 4.42 Å². The fraction of sp³-hybridized carbons (Fsp3) is 0. The van der Waals surface area contributed by atoms with Gasteiger partial charge in [0, 0.05) is 39.6 Å². The van der Waals surface area contributed by atoms with Crippen molar-refractivity contribution >= 4 is 71.3 Å². The fourth-order valence-electron chi connectivity index (χ4n) is 6.65. The van der Waals surface area contributed by atoms with Gasteiger partial charge in [-0.2, -0.15) is 0 Å². The summed E-state index contributed by atoms with van der Waals surface area (Å²) in [7, 11) is 0. The van der Waals surface area contributed by atoms with Gasteiger partial charge < -0.3 is 9.32 Å². The molecule has 0 fully saturated rings. The second-order valence-corrected chi connectivity index (χ2v) is 11.2. The molecule has 3 heteroatoms. The van der Waals surface area contributed by atoms with E-state index in [1.807, 2.05) is 12.3 Å². The minimum Gasteiger partial charge on any atom is -0.454 e. The molecule has 0 bridgehead atoms. The van der Waals surface area contributed by atoms with Crippen LogP contribution in [0.4, 0.5) is 17.1 Å². The highest BCUT2D eigenvalue weighted by Gasteiger charge is 2.16. The average Bonchev–Trinajstić information content (AvgIpc) is 3.48. The van der Waals surface area contributed by atoms with Crippen LogP contribution in [0.1, 0.15) is 0 Å². The number of furan rings is 1. The van der Waals surface area contributed by atoms with Crippen LogP contribution < -0.4 is 4.90 Å². The molecule has 3 nitrogen and oxygen atoms in total. The Bertz CT molecular complexity index is 2490. The number of rotatable bonds is 4. The summed E-state index contributed by atoms with van der Waals surface area (Å²) in [5.74, 6) is 0. The summed E-state index contributed by atoms with van der Waals surface area (Å²) in [6.07, 6.45) is 3.60. The van der Waals surface area contributed by atoms with Crippen LogP contribution in [0.3, 0.4) is 0 Å². The average molecular weight is 563 g/mol. The Labute approximate surface area is 254 Å². The number of aromatic nitrogens is 1. The van der Waals surface area contributed by atoms with Crippen LogP contribution in [0.15, 0.2) is 162 Å². The molecule has 0 radical (unpaired) electrons. The second-order valence-electron chi connectivity index (χ2n) is 11.2. The number of para-hydroxylation sites is 2. The third-order valence-corrected chi connectivity index (χ3v) is 8.74. The number of benzene rings is 7. The van der Waals surface area contributed by atoms with Gasteiger partial charge in [0.2, 0.25) is 0 Å². The van der Waals surface area contributed by atoms with Gasteiger partial charge in [-0.3, -0.25) is 4.98 Å². The van der Waals surface area contributed by atoms with Gasteiger partial charge in [-0.05, 0) is 80.3 Å². The molecule has 0 aliphatic rings. The normalized spacial score (nSPS) is 11.6. The van der Waals surface area contributed by atoms with Crippen molar-refractivity contribution in [3.05, 3.63) is 158 Å². The van der Waals surface area contributed by atoms with Crippen molar-refractivity contribution in [3.8, 4) is 11.1 Å². The van der Waals surface area contributed by atoms with Crippen LogP contribution in [0, 0.1) is 0 Å². The first kappa shape index (κ1) is 24.6. The minimum absolute atomic E-state index is 0.805. The van der Waals surface area contributed by atoms with Crippen molar-refractivity contribution in [2.24, 2.45) is 0 Å². The second kappa shape index (κ2) is 9.82. The SMILES string of the molecule is c1ccc(N(c2ccc(-c3cccc4c3oc3cnccc34)cc2)c2ccc3c(ccc4c5ccccc5ccc34)c2)cc1. The zero-order valence-electron chi connectivity index (χ0n) is 23.8. The molecule has 0 aliphatic heterocycles. The van der Waals surface area contributed by atoms with E-state index in [0.29, 0.717) is 0 Å². The molecule has 0 aliphatic carbocycles. The molecule has 7 aromatic carbocycles. The minimum atomic E-state index is 0.805. The maximum Gasteiger partial charge on any atom is 0.153 e. The summed E-state index contributed by atoms with van der Waals surface area (Å²) in [5.41, 5.74) is 7.18. The number of anilines is 3. The highest BCUT2D eigenvalue weighted by atomic mass is 16.3. The maximum atomic E-state index is 6.28. The Hall–Kier alpha value is -5.93. The molecule has 44 heavy (non-hydrogen) atoms. The summed E-state index contributed by atoms with van der Waals surface area (Å²) in [6.45, 7) is 0. The van der Waals surface area contributed by atoms with E-state index in [9.17, 15) is 0 Å². The molecule has 0 saturated carbocycles. The number of nitrogens with zero attached hydrogens (tertiary/aromatic N) is 2. The van der Waals surface area contributed by atoms with Crippen molar-refractivity contribution in [3.63, 3.8) is 0 Å². The van der Waals surface area contributed by atoms with Gasteiger partial charge in [-0.25, -0.2) is 0 Å². The molecule has 2 aromatic heterocycles. The first-order valence-corrected chi connectivity index (χ1v) is 14.9. The van der Waals surface area contributed by atoms with Crippen molar-refractivity contribution < 1.29 is 4.42 Å². The van der Waals surface area contributed by atoms with Crippen molar-refractivity contribution in [1.29, 1.82) is 0 Å². The summed E-state index contributed by atoms with van der Waals surface area (Å²) in [5, 5.41) is 9.78. The Morgan fingerprint density at radius 1 is 0.455 bits per heavy atom. The van der Waals surface area contributed by atoms with Crippen LogP contribution in [-0.4, -0.2) is 4.98 Å². The van der Waals surface area contributed by atoms with E-state index in [1.54, 1.807) is 6.20 Å². The molecule has 0 unspecified atom stereocenters. The first-order valence-electron chi connectivity index (χ1n) is 14.9. The van der Waals surface area contributed by atoms with E-state index in [1.165, 1.54) is 32.3 Å². The van der Waals surface area contributed by atoms with Gasteiger partial charge >= 0.3 is 0 Å². The van der Waals surface area contributed by atoms with E-state index in [2.05, 4.69) is 149 Å². The zero-order chi connectivity index (χ0) is 29.0. The summed E-state index contributed by atoms with van der Waals surface area (Å²) >= 11 is 0. The Morgan fingerprint density at radius 3 is 2.00 bits per heavy atom. The first-order chi connectivity index (χ1) is 21.8. The Morgan fingerprint density at radius 2 is 1.14 bits per heavy atom. The predicted molar refractivity (Wildman–Crippen MR) is 184 cm³/mol. The lowest BCUT2D eigenvalue weighted by Gasteiger charge is -2.26. The van der Waals surface area contributed by atoms with Crippen molar-refractivity contribution in [2.45, 2.75) is 0 Å². The van der Waals surface area contributed by atoms with E-state index in [-0.39, 0.29) is 0 Å². The molecule has 0 amide bonds. The lowest BCUT2D eigenvalue weighted by Crippen LogP contribution is -2.09. The fourth-order valence-corrected chi connectivity index (χ4v) is 6.65. The van der Waals surface area contributed by atoms with Crippen LogP contribution in [0.2, 0.25) is 0 Å². The Kier molecular flexibility index (Phi) is 5.50. The molecule has 0 atom stereocenters. The summed E-state index contributed by atoms with van der Waals surface area (Å²) < 4.78 is 6.28. The van der Waals surface area contributed by atoms with Gasteiger partial charge in [0.1, 0.15) is 5.58 Å². The largest absolute Gasteiger partial charge is 0.454 e. The molecular weight excluding hydrogens is 536 g/mol. The summed E-state index contributed by atoms with van der Waals surface area (Å²) in [4.78, 5) is 6.57. The number of fused-ring (bicyclic) bond motifs is 8. The Balaban J connectivity index is 1.16. The van der Waals surface area contributed by atoms with E-state index < -0.39 is 0 Å². The number of hydrogen-bond donors (Lipinski definition) is 0. The van der Waals surface area contributed by atoms with Gasteiger partial charge in [-0.1, -0.05) is 103 Å². The topological polar surface area (TPSA) is 29.3 Å². The molecular formula is C41H26N2O. The highest BCUT2D eigenvalue weighted by Crippen LogP contribution is 2.40. The van der Waals surface area contributed by atoms with Gasteiger partial charge in [0.15, 0.2) is 5.58 Å². The third kappa shape index (κ3) is 3.87.